The average Bonchev–Trinajstić information content (AvgIpc) is 2.98. The monoisotopic (exact) mass is 460 g/mol. The Hall–Kier alpha value is -1.35. The van der Waals surface area contributed by atoms with Crippen LogP contribution in [0.3, 0.4) is 0 Å². The fraction of sp³-hybridized carbons (Fsp3) is 0.412. The smallest absolute Gasteiger partial charge is 0.213 e. The zero-order valence-corrected chi connectivity index (χ0v) is 17.4. The van der Waals surface area contributed by atoms with E-state index in [1.807, 2.05) is 32.9 Å². The van der Waals surface area contributed by atoms with Crippen molar-refractivity contribution in [3.63, 3.8) is 0 Å². The lowest BCUT2D eigenvalue weighted by molar-refractivity contribution is 0.124. The molecule has 0 fully saturated rings. The third kappa shape index (κ3) is 7.96. The van der Waals surface area contributed by atoms with Gasteiger partial charge in [0.2, 0.25) is 5.88 Å². The van der Waals surface area contributed by atoms with E-state index < -0.39 is 0 Å². The zero-order chi connectivity index (χ0) is 16.7. The first kappa shape index (κ1) is 20.7. The Bertz CT molecular complexity index is 621. The highest BCUT2D eigenvalue weighted by atomic mass is 127. The average molecular weight is 460 g/mol. The predicted octanol–water partition coefficient (Wildman–Crippen LogP) is 3.59. The fourth-order valence-corrected chi connectivity index (χ4v) is 2.59. The van der Waals surface area contributed by atoms with Gasteiger partial charge in [0.1, 0.15) is 5.60 Å². The SMILES string of the molecule is CC(C)(C)Oc1ccc(CN=C(N)NCCc2cccs2)cn1.I. The molecule has 0 radical (unpaired) electrons. The van der Waals surface area contributed by atoms with Gasteiger partial charge in [0.05, 0.1) is 6.54 Å². The number of hydrogen-bond donors (Lipinski definition) is 2. The summed E-state index contributed by atoms with van der Waals surface area (Å²) in [6.45, 7) is 7.27. The van der Waals surface area contributed by atoms with Crippen LogP contribution in [0.25, 0.3) is 0 Å². The highest BCUT2D eigenvalue weighted by molar-refractivity contribution is 14.0. The van der Waals surface area contributed by atoms with Gasteiger partial charge in [0.15, 0.2) is 5.96 Å². The molecule has 2 aromatic heterocycles. The number of nitrogens with two attached hydrogens (primary N) is 1. The molecule has 0 unspecified atom stereocenters. The van der Waals surface area contributed by atoms with Crippen molar-refractivity contribution in [2.45, 2.75) is 39.3 Å². The van der Waals surface area contributed by atoms with Crippen molar-refractivity contribution in [2.24, 2.45) is 10.7 Å². The zero-order valence-electron chi connectivity index (χ0n) is 14.3. The molecule has 0 aliphatic heterocycles. The van der Waals surface area contributed by atoms with Crippen LogP contribution in [0.4, 0.5) is 0 Å². The minimum atomic E-state index is -0.246. The number of aromatic nitrogens is 1. The molecule has 0 aliphatic carbocycles. The second kappa shape index (κ2) is 9.83. The first-order chi connectivity index (χ1) is 10.9. The second-order valence-electron chi connectivity index (χ2n) is 6.18. The maximum atomic E-state index is 5.87. The van der Waals surface area contributed by atoms with Gasteiger partial charge in [-0.1, -0.05) is 12.1 Å². The van der Waals surface area contributed by atoms with Crippen molar-refractivity contribution in [3.05, 3.63) is 46.3 Å². The van der Waals surface area contributed by atoms with Crippen LogP contribution < -0.4 is 15.8 Å². The van der Waals surface area contributed by atoms with Gasteiger partial charge in [0.25, 0.3) is 0 Å². The number of ether oxygens (including phenoxy) is 1. The summed E-state index contributed by atoms with van der Waals surface area (Å²) in [6.07, 6.45) is 2.72. The quantitative estimate of drug-likeness (QED) is 0.393. The molecule has 2 rings (SSSR count). The standard InChI is InChI=1S/C17H24N4OS.HI/c1-17(2,3)22-15-7-6-13(11-20-15)12-21-16(18)19-9-8-14-5-4-10-23-14;/h4-7,10-11H,8-9,12H2,1-3H3,(H3,18,19,21);1H. The number of pyridine rings is 1. The van der Waals surface area contributed by atoms with E-state index >= 15 is 0 Å². The first-order valence-electron chi connectivity index (χ1n) is 7.62. The molecule has 0 amide bonds. The van der Waals surface area contributed by atoms with E-state index in [1.54, 1.807) is 17.5 Å². The van der Waals surface area contributed by atoms with Gasteiger partial charge < -0.3 is 15.8 Å². The minimum absolute atomic E-state index is 0. The molecule has 0 aliphatic rings. The van der Waals surface area contributed by atoms with E-state index in [4.69, 9.17) is 10.5 Å². The van der Waals surface area contributed by atoms with E-state index in [9.17, 15) is 0 Å². The summed E-state index contributed by atoms with van der Waals surface area (Å²) in [5.74, 6) is 1.07. The summed E-state index contributed by atoms with van der Waals surface area (Å²) in [7, 11) is 0. The normalized spacial score (nSPS) is 11.7. The van der Waals surface area contributed by atoms with E-state index in [0.717, 1.165) is 18.5 Å². The third-order valence-electron chi connectivity index (χ3n) is 2.90. The predicted molar refractivity (Wildman–Crippen MR) is 111 cm³/mol. The Morgan fingerprint density at radius 2 is 2.12 bits per heavy atom. The summed E-state index contributed by atoms with van der Waals surface area (Å²) in [5, 5.41) is 5.20. The lowest BCUT2D eigenvalue weighted by Gasteiger charge is -2.20. The number of halogens is 1. The Balaban J connectivity index is 0.00000288. The Kier molecular flexibility index (Phi) is 8.47. The highest BCUT2D eigenvalue weighted by Crippen LogP contribution is 2.15. The Labute approximate surface area is 164 Å². The van der Waals surface area contributed by atoms with Crippen LogP contribution in [0.1, 0.15) is 31.2 Å². The molecule has 5 nitrogen and oxygen atoms in total. The van der Waals surface area contributed by atoms with Crippen molar-refractivity contribution in [2.75, 3.05) is 6.54 Å². The molecule has 7 heteroatoms. The number of guanidine groups is 1. The van der Waals surface area contributed by atoms with Gasteiger partial charge in [-0.25, -0.2) is 9.98 Å². The third-order valence-corrected chi connectivity index (χ3v) is 3.83. The van der Waals surface area contributed by atoms with Gasteiger partial charge in [0, 0.05) is 23.7 Å². The Morgan fingerprint density at radius 3 is 2.71 bits per heavy atom. The summed E-state index contributed by atoms with van der Waals surface area (Å²) in [4.78, 5) is 9.95. The number of rotatable bonds is 6. The first-order valence-corrected chi connectivity index (χ1v) is 8.50. The van der Waals surface area contributed by atoms with E-state index in [2.05, 4.69) is 32.8 Å². The largest absolute Gasteiger partial charge is 0.472 e. The van der Waals surface area contributed by atoms with Crippen LogP contribution in [0.15, 0.2) is 40.8 Å². The van der Waals surface area contributed by atoms with Crippen molar-refractivity contribution in [1.82, 2.24) is 10.3 Å². The molecule has 0 saturated heterocycles. The van der Waals surface area contributed by atoms with Crippen molar-refractivity contribution >= 4 is 41.3 Å². The number of hydrogen-bond acceptors (Lipinski definition) is 4. The van der Waals surface area contributed by atoms with Gasteiger partial charge in [-0.15, -0.1) is 35.3 Å². The molecule has 0 bridgehead atoms. The molecular formula is C17H25IN4OS. The molecule has 132 valence electrons. The van der Waals surface area contributed by atoms with Gasteiger partial charge in [-0.05, 0) is 44.2 Å². The molecule has 3 N–H and O–H groups in total. The van der Waals surface area contributed by atoms with Gasteiger partial charge in [-0.3, -0.25) is 0 Å². The van der Waals surface area contributed by atoms with E-state index in [-0.39, 0.29) is 29.6 Å². The number of nitrogens with one attached hydrogen (secondary N) is 1. The molecule has 2 heterocycles. The van der Waals surface area contributed by atoms with Crippen molar-refractivity contribution in [1.29, 1.82) is 0 Å². The maximum Gasteiger partial charge on any atom is 0.213 e. The van der Waals surface area contributed by atoms with Crippen molar-refractivity contribution in [3.8, 4) is 5.88 Å². The van der Waals surface area contributed by atoms with E-state index in [0.29, 0.717) is 18.4 Å². The van der Waals surface area contributed by atoms with Crippen LogP contribution in [0.5, 0.6) is 5.88 Å². The topological polar surface area (TPSA) is 72.5 Å². The van der Waals surface area contributed by atoms with E-state index in [1.165, 1.54) is 4.88 Å². The highest BCUT2D eigenvalue weighted by Gasteiger charge is 2.12. The molecule has 0 atom stereocenters. The van der Waals surface area contributed by atoms with Gasteiger partial charge in [-0.2, -0.15) is 0 Å². The number of nitrogens with zero attached hydrogens (tertiary/aromatic N) is 2. The maximum absolute atomic E-state index is 5.87. The van der Waals surface area contributed by atoms with Crippen LogP contribution in [-0.4, -0.2) is 23.1 Å². The fourth-order valence-electron chi connectivity index (χ4n) is 1.88. The summed E-state index contributed by atoms with van der Waals surface area (Å²) < 4.78 is 5.69. The van der Waals surface area contributed by atoms with Crippen LogP contribution in [0, 0.1) is 0 Å². The number of aliphatic imine (C=N–C) groups is 1. The molecule has 2 aromatic rings. The van der Waals surface area contributed by atoms with Crippen LogP contribution in [0.2, 0.25) is 0 Å². The second-order valence-corrected chi connectivity index (χ2v) is 7.21. The minimum Gasteiger partial charge on any atom is -0.472 e. The molecule has 24 heavy (non-hydrogen) atoms. The molecule has 0 aromatic carbocycles. The molecule has 0 spiro atoms. The lowest BCUT2D eigenvalue weighted by atomic mass is 10.2. The van der Waals surface area contributed by atoms with Gasteiger partial charge >= 0.3 is 0 Å². The molecule has 0 saturated carbocycles. The lowest BCUT2D eigenvalue weighted by Crippen LogP contribution is -2.33. The van der Waals surface area contributed by atoms with Crippen molar-refractivity contribution < 1.29 is 4.74 Å². The summed E-state index contributed by atoms with van der Waals surface area (Å²) in [5.41, 5.74) is 6.62. The summed E-state index contributed by atoms with van der Waals surface area (Å²) in [6, 6.07) is 7.98. The molecular weight excluding hydrogens is 435 g/mol. The Morgan fingerprint density at radius 1 is 1.33 bits per heavy atom. The number of thiophene rings is 1. The summed E-state index contributed by atoms with van der Waals surface area (Å²) >= 11 is 1.75. The van der Waals surface area contributed by atoms with Crippen LogP contribution >= 0.6 is 35.3 Å². The van der Waals surface area contributed by atoms with Crippen LogP contribution in [-0.2, 0) is 13.0 Å².